The van der Waals surface area contributed by atoms with E-state index in [1.165, 1.54) is 17.7 Å². The van der Waals surface area contributed by atoms with Gasteiger partial charge in [0.25, 0.3) is 0 Å². The molecule has 2 aliphatic heterocycles. The molecule has 14 heteroatoms. The minimum Gasteiger partial charge on any atom is -0.324 e. The van der Waals surface area contributed by atoms with E-state index < -0.39 is 23.5 Å². The van der Waals surface area contributed by atoms with Gasteiger partial charge < -0.3 is 19.8 Å². The molecule has 16 aromatic rings. The molecule has 614 valence electrons. The van der Waals surface area contributed by atoms with E-state index in [-0.39, 0.29) is 12.8 Å². The average molecular weight is 1660 g/mol. The van der Waals surface area contributed by atoms with Crippen LogP contribution in [-0.2, 0) is 6.42 Å². The third kappa shape index (κ3) is 15.3. The molecular formula is C112H84F6N8. The summed E-state index contributed by atoms with van der Waals surface area (Å²) >= 11 is 0. The van der Waals surface area contributed by atoms with Crippen molar-refractivity contribution in [3.63, 3.8) is 0 Å². The Balaban J connectivity index is 0.746. The van der Waals surface area contributed by atoms with Gasteiger partial charge in [-0.25, -0.2) is 20.0 Å². The fourth-order valence-corrected chi connectivity index (χ4v) is 18.7. The number of hydrogen-bond donors (Lipinski definition) is 2. The maximum Gasteiger partial charge on any atom is 0.416 e. The second kappa shape index (κ2) is 32.0. The zero-order valence-corrected chi connectivity index (χ0v) is 70.3. The summed E-state index contributed by atoms with van der Waals surface area (Å²) in [5.41, 5.74) is 26.7. The number of benzene rings is 14. The molecule has 2 aromatic heterocycles. The Labute approximate surface area is 725 Å². The smallest absolute Gasteiger partial charge is 0.324 e. The number of amidine groups is 4. The second-order valence-corrected chi connectivity index (χ2v) is 33.4. The fourth-order valence-electron chi connectivity index (χ4n) is 18.7. The number of aliphatic imine (C=N–C) groups is 4. The van der Waals surface area contributed by atoms with Crippen LogP contribution in [0.2, 0.25) is 0 Å². The van der Waals surface area contributed by atoms with Crippen molar-refractivity contribution in [2.24, 2.45) is 20.0 Å². The van der Waals surface area contributed by atoms with Crippen LogP contribution < -0.4 is 31.5 Å². The summed E-state index contributed by atoms with van der Waals surface area (Å²) in [5, 5.41) is 13.6. The van der Waals surface area contributed by atoms with Crippen molar-refractivity contribution in [1.82, 2.24) is 19.8 Å². The van der Waals surface area contributed by atoms with Crippen molar-refractivity contribution in [3.8, 4) is 55.9 Å². The number of halogens is 6. The first-order valence-electron chi connectivity index (χ1n) is 42.3. The van der Waals surface area contributed by atoms with Gasteiger partial charge >= 0.3 is 12.4 Å². The Hall–Kier alpha value is -15.0. The van der Waals surface area contributed by atoms with Crippen molar-refractivity contribution >= 4 is 89.7 Å². The summed E-state index contributed by atoms with van der Waals surface area (Å²) in [5.74, 6) is 2.86. The molecule has 2 aliphatic carbocycles. The van der Waals surface area contributed by atoms with E-state index in [2.05, 4.69) is 220 Å². The number of nitrogens with one attached hydrogen (secondary N) is 2. The monoisotopic (exact) mass is 1650 g/mol. The SMILES string of the molecule is Cc1cc(C)cc(-c2ccc3c4ccc(-c5cc(C)cc(Cc6cc(C)cc(C)c6-c6ccc7c(c6)c6cc(-c8ccc(C)cc8C)ccc6n7-c6ccc(=C7C=C(C(F)(F)F)C=CC7)c(=C7N=C(c8ccccc8)N=C(c8ccccc8)N7)c6)c5)cc4n(-c4ccc(=C5C=C(C(F)(F)F)C=CC5)c(=C5N=C(c6ccccc6)N=C(c6ccccc6)N5)c4)c3c2)c1. The van der Waals surface area contributed by atoms with Gasteiger partial charge in [0.1, 0.15) is 23.3 Å². The Bertz CT molecular complexity index is 7780. The summed E-state index contributed by atoms with van der Waals surface area (Å²) in [6, 6.07) is 102. The maximum atomic E-state index is 14.9. The molecule has 4 aliphatic rings. The number of alkyl halides is 6. The largest absolute Gasteiger partial charge is 0.416 e. The van der Waals surface area contributed by atoms with Gasteiger partial charge in [-0.3, -0.25) is 0 Å². The van der Waals surface area contributed by atoms with E-state index in [9.17, 15) is 26.3 Å². The van der Waals surface area contributed by atoms with Gasteiger partial charge in [-0.1, -0.05) is 289 Å². The molecule has 8 nitrogen and oxygen atoms in total. The molecule has 0 fully saturated rings. The first kappa shape index (κ1) is 79.5. The predicted octanol–water partition coefficient (Wildman–Crippen LogP) is 24.6. The van der Waals surface area contributed by atoms with Crippen molar-refractivity contribution in [2.75, 3.05) is 0 Å². The van der Waals surface area contributed by atoms with Crippen LogP contribution in [0.3, 0.4) is 0 Å². The number of allylic oxidation sites excluding steroid dienone is 8. The van der Waals surface area contributed by atoms with Crippen LogP contribution in [0, 0.1) is 48.5 Å². The average Bonchev–Trinajstić information content (AvgIpc) is 1.58. The molecule has 0 saturated heterocycles. The summed E-state index contributed by atoms with van der Waals surface area (Å²) in [7, 11) is 0. The van der Waals surface area contributed by atoms with Gasteiger partial charge in [0.05, 0.1) is 33.2 Å². The summed E-state index contributed by atoms with van der Waals surface area (Å²) in [6.07, 6.45) is -0.0484. The molecule has 2 N–H and O–H groups in total. The molecule has 126 heavy (non-hydrogen) atoms. The lowest BCUT2D eigenvalue weighted by atomic mass is 9.88. The van der Waals surface area contributed by atoms with E-state index in [4.69, 9.17) is 20.0 Å². The summed E-state index contributed by atoms with van der Waals surface area (Å²) in [4.78, 5) is 20.7. The normalized spacial score (nSPS) is 16.0. The van der Waals surface area contributed by atoms with Gasteiger partial charge in [-0.2, -0.15) is 26.3 Å². The Kier molecular flexibility index (Phi) is 20.2. The minimum atomic E-state index is -4.58. The number of nitrogens with zero attached hydrogens (tertiary/aromatic N) is 6. The second-order valence-electron chi connectivity index (χ2n) is 33.4. The van der Waals surface area contributed by atoms with Crippen LogP contribution in [0.4, 0.5) is 26.3 Å². The van der Waals surface area contributed by atoms with Gasteiger partial charge in [0.2, 0.25) is 0 Å². The highest BCUT2D eigenvalue weighted by Gasteiger charge is 2.35. The minimum absolute atomic E-state index is 0.259. The molecule has 0 spiro atoms. The lowest BCUT2D eigenvalue weighted by Crippen LogP contribution is -2.38. The van der Waals surface area contributed by atoms with Gasteiger partial charge in [0, 0.05) is 65.6 Å². The molecule has 0 saturated carbocycles. The maximum absolute atomic E-state index is 14.9. The quantitative estimate of drug-likeness (QED) is 0.120. The number of rotatable bonds is 12. The highest BCUT2D eigenvalue weighted by molar-refractivity contribution is 6.18. The highest BCUT2D eigenvalue weighted by atomic mass is 19.4. The molecular weight excluding hydrogens is 1570 g/mol. The zero-order valence-electron chi connectivity index (χ0n) is 70.3. The molecule has 0 radical (unpaired) electrons. The number of aromatic nitrogens is 2. The lowest BCUT2D eigenvalue weighted by Gasteiger charge is -2.19. The Morgan fingerprint density at radius 2 is 0.754 bits per heavy atom. The summed E-state index contributed by atoms with van der Waals surface area (Å²) in [6.45, 7) is 15.0. The molecule has 0 bridgehead atoms. The number of hydrogen-bond acceptors (Lipinski definition) is 6. The third-order valence-corrected chi connectivity index (χ3v) is 24.3. The lowest BCUT2D eigenvalue weighted by molar-refractivity contribution is -0.0891. The topological polar surface area (TPSA) is 83.4 Å². The van der Waals surface area contributed by atoms with Crippen LogP contribution in [0.15, 0.2) is 365 Å². The van der Waals surface area contributed by atoms with Crippen LogP contribution in [-0.4, -0.2) is 44.8 Å². The Morgan fingerprint density at radius 3 is 1.25 bits per heavy atom. The van der Waals surface area contributed by atoms with Crippen LogP contribution in [0.1, 0.15) is 85.2 Å². The van der Waals surface area contributed by atoms with E-state index >= 15 is 0 Å². The highest BCUT2D eigenvalue weighted by Crippen LogP contribution is 2.43. The van der Waals surface area contributed by atoms with E-state index in [1.54, 1.807) is 12.2 Å². The predicted molar refractivity (Wildman–Crippen MR) is 505 cm³/mol. The molecule has 0 amide bonds. The Morgan fingerprint density at radius 1 is 0.317 bits per heavy atom. The van der Waals surface area contributed by atoms with Crippen LogP contribution >= 0.6 is 0 Å². The number of fused-ring (bicyclic) bond motifs is 6. The van der Waals surface area contributed by atoms with Crippen LogP contribution in [0.5, 0.6) is 0 Å². The summed E-state index contributed by atoms with van der Waals surface area (Å²) < 4.78 is 93.6. The van der Waals surface area contributed by atoms with Crippen molar-refractivity contribution in [2.45, 2.75) is 80.1 Å². The van der Waals surface area contributed by atoms with Crippen molar-refractivity contribution in [3.05, 3.63) is 438 Å². The first-order chi connectivity index (χ1) is 61.0. The van der Waals surface area contributed by atoms with Gasteiger partial charge in [-0.05, 0) is 229 Å². The van der Waals surface area contributed by atoms with Gasteiger partial charge in [0.15, 0.2) is 11.7 Å². The standard InChI is InChI=1S/C112H84F6N8/c1-66-34-41-91(71(6)49-66)82-37-46-100-96(60-82)97-61-83(38-47-101(97)125(100)89-39-44-92(80-30-20-32-87(58-80)111(113,114)115)98(64-89)109-121-105(74-22-12-8-13-23-74)119-106(122-109)75-24-14-9-15-25-75)104-72(7)50-69(4)55-86(104)57-73-51-70(5)54-85(56-73)79-36-43-95-94-42-35-78(84-52-67(2)48-68(3)53-84)62-102(94)126(103(95)63-79)90-40-45-93(81-31-21-33-88(59-81)112(116,117)118)99(65-90)110-123-107(76-26-16-10-17-27-76)120-108(124-110)77-28-18-11-19-29-77/h8-29,32-56,58-65H,30-31,57H2,1-7H3,(H,119,121,122)(H,120,123,124). The molecule has 20 rings (SSSR count). The number of aryl methyl sites for hydroxylation is 7. The first-order valence-corrected chi connectivity index (χ1v) is 42.3. The van der Waals surface area contributed by atoms with E-state index in [0.29, 0.717) is 73.4 Å². The fraction of sp³-hybridized carbons (Fsp3) is 0.107. The van der Waals surface area contributed by atoms with E-state index in [0.717, 1.165) is 178 Å². The van der Waals surface area contributed by atoms with E-state index in [1.807, 2.05) is 146 Å². The molecule has 0 atom stereocenters. The van der Waals surface area contributed by atoms with Gasteiger partial charge in [-0.15, -0.1) is 0 Å². The third-order valence-electron chi connectivity index (χ3n) is 24.3. The van der Waals surface area contributed by atoms with Crippen molar-refractivity contribution in [1.29, 1.82) is 0 Å². The molecule has 4 heterocycles. The van der Waals surface area contributed by atoms with Crippen molar-refractivity contribution < 1.29 is 26.3 Å². The molecule has 14 aromatic carbocycles. The van der Waals surface area contributed by atoms with Crippen LogP contribution in [0.25, 0.3) is 122 Å². The zero-order chi connectivity index (χ0) is 86.4. The molecule has 0 unspecified atom stereocenters.